The monoisotopic (exact) mass is 487 g/mol. The molecule has 0 amide bonds. The first-order valence-electron chi connectivity index (χ1n) is 12.2. The lowest BCUT2D eigenvalue weighted by Crippen LogP contribution is -2.44. The van der Waals surface area contributed by atoms with Crippen LogP contribution >= 0.6 is 0 Å². The van der Waals surface area contributed by atoms with E-state index >= 15 is 0 Å². The number of imidazole rings is 1. The molecular formula is C27H33N7O2. The molecule has 1 N–H and O–H groups in total. The topological polar surface area (TPSA) is 83.6 Å². The van der Waals surface area contributed by atoms with Crippen LogP contribution in [-0.2, 0) is 14.1 Å². The maximum atomic E-state index is 13.3. The minimum atomic E-state index is -0.145. The highest BCUT2D eigenvalue weighted by atomic mass is 16.1. The lowest BCUT2D eigenvalue weighted by Gasteiger charge is -2.34. The van der Waals surface area contributed by atoms with Gasteiger partial charge >= 0.3 is 5.69 Å². The molecule has 3 heterocycles. The average Bonchev–Trinajstić information content (AvgIpc) is 3.26. The summed E-state index contributed by atoms with van der Waals surface area (Å²) in [5.74, 6) is 0. The molecular weight excluding hydrogens is 454 g/mol. The number of nitrogens with zero attached hydrogens (tertiary/aromatic N) is 6. The fraction of sp³-hybridized carbons (Fsp3) is 0.370. The van der Waals surface area contributed by atoms with E-state index in [1.165, 1.54) is 5.56 Å². The molecule has 5 rings (SSSR count). The zero-order chi connectivity index (χ0) is 25.7. The largest absolute Gasteiger partial charge is 0.367 e. The number of benzene rings is 2. The summed E-state index contributed by atoms with van der Waals surface area (Å²) in [6, 6.07) is 9.96. The van der Waals surface area contributed by atoms with Crippen molar-refractivity contribution in [3.63, 3.8) is 0 Å². The van der Waals surface area contributed by atoms with Gasteiger partial charge in [0.2, 0.25) is 0 Å². The van der Waals surface area contributed by atoms with E-state index in [1.807, 2.05) is 44.2 Å². The second-order valence-electron chi connectivity index (χ2n) is 9.84. The summed E-state index contributed by atoms with van der Waals surface area (Å²) in [4.78, 5) is 35.4. The van der Waals surface area contributed by atoms with Gasteiger partial charge in [0, 0.05) is 52.2 Å². The standard InChI is InChI=1S/C27H33N7O2/c1-17-7-8-20(13-18(17)2)34-26(35)21(19(3)29-34)16-28-22-14-24-25(32(6)27(36)31(24)5)15-23(22)33-11-9-30(4)10-12-33/h7-8,13-16,29H,9-12H2,1-6H3. The number of likely N-dealkylation sites (N-methyl/N-ethyl adjacent to an activating group) is 1. The Balaban J connectivity index is 1.60. The van der Waals surface area contributed by atoms with E-state index in [-0.39, 0.29) is 11.2 Å². The maximum Gasteiger partial charge on any atom is 0.328 e. The Morgan fingerprint density at radius 1 is 0.861 bits per heavy atom. The second-order valence-corrected chi connectivity index (χ2v) is 9.84. The molecule has 0 saturated carbocycles. The van der Waals surface area contributed by atoms with Gasteiger partial charge in [0.15, 0.2) is 0 Å². The molecule has 188 valence electrons. The van der Waals surface area contributed by atoms with Crippen LogP contribution in [0, 0.1) is 20.8 Å². The summed E-state index contributed by atoms with van der Waals surface area (Å²) < 4.78 is 4.87. The molecule has 36 heavy (non-hydrogen) atoms. The van der Waals surface area contributed by atoms with Crippen molar-refractivity contribution in [1.29, 1.82) is 0 Å². The third-order valence-corrected chi connectivity index (χ3v) is 7.41. The molecule has 0 unspecified atom stereocenters. The summed E-state index contributed by atoms with van der Waals surface area (Å²) in [6.45, 7) is 9.61. The van der Waals surface area contributed by atoms with Gasteiger partial charge in [-0.1, -0.05) is 6.07 Å². The summed E-state index contributed by atoms with van der Waals surface area (Å²) in [5, 5.41) is 3.19. The van der Waals surface area contributed by atoms with Crippen molar-refractivity contribution in [1.82, 2.24) is 23.8 Å². The molecule has 4 aromatic rings. The fourth-order valence-corrected chi connectivity index (χ4v) is 4.82. The number of aromatic amines is 1. The second kappa shape index (κ2) is 8.98. The Morgan fingerprint density at radius 2 is 1.53 bits per heavy atom. The Bertz CT molecular complexity index is 1610. The summed E-state index contributed by atoms with van der Waals surface area (Å²) >= 11 is 0. The minimum Gasteiger partial charge on any atom is -0.367 e. The molecule has 1 aliphatic rings. The maximum absolute atomic E-state index is 13.3. The fourth-order valence-electron chi connectivity index (χ4n) is 4.82. The molecule has 1 saturated heterocycles. The van der Waals surface area contributed by atoms with Crippen LogP contribution in [0.1, 0.15) is 22.4 Å². The Hall–Kier alpha value is -3.85. The normalized spacial score (nSPS) is 15.0. The number of piperazine rings is 1. The van der Waals surface area contributed by atoms with Crippen molar-refractivity contribution in [2.45, 2.75) is 20.8 Å². The Kier molecular flexibility index (Phi) is 5.96. The van der Waals surface area contributed by atoms with Crippen LogP contribution < -0.4 is 16.1 Å². The van der Waals surface area contributed by atoms with Gasteiger partial charge in [-0.3, -0.25) is 24.0 Å². The summed E-state index contributed by atoms with van der Waals surface area (Å²) in [5.41, 5.74) is 7.53. The number of hydrogen-bond donors (Lipinski definition) is 1. The van der Waals surface area contributed by atoms with Gasteiger partial charge in [0.05, 0.1) is 33.7 Å². The number of nitrogens with one attached hydrogen (secondary N) is 1. The third-order valence-electron chi connectivity index (χ3n) is 7.41. The smallest absolute Gasteiger partial charge is 0.328 e. The van der Waals surface area contributed by atoms with E-state index in [2.05, 4.69) is 28.9 Å². The van der Waals surface area contributed by atoms with Crippen molar-refractivity contribution >= 4 is 28.6 Å². The van der Waals surface area contributed by atoms with Crippen molar-refractivity contribution in [2.75, 3.05) is 38.1 Å². The highest BCUT2D eigenvalue weighted by Crippen LogP contribution is 2.34. The SMILES string of the molecule is Cc1ccc(-n2[nH]c(C)c(C=Nc3cc4c(cc3N3CCN(C)CC3)n(C)c(=O)n4C)c2=O)cc1C. The van der Waals surface area contributed by atoms with Crippen LogP contribution in [0.4, 0.5) is 11.4 Å². The van der Waals surface area contributed by atoms with Gasteiger partial charge < -0.3 is 9.80 Å². The highest BCUT2D eigenvalue weighted by Gasteiger charge is 2.20. The number of rotatable bonds is 4. The van der Waals surface area contributed by atoms with Gasteiger partial charge in [-0.25, -0.2) is 9.48 Å². The quantitative estimate of drug-likeness (QED) is 0.449. The molecule has 0 atom stereocenters. The first kappa shape index (κ1) is 23.9. The number of hydrogen-bond acceptors (Lipinski definition) is 5. The number of aryl methyl sites for hydroxylation is 5. The van der Waals surface area contributed by atoms with Crippen LogP contribution in [-0.4, -0.2) is 63.3 Å². The predicted octanol–water partition coefficient (Wildman–Crippen LogP) is 2.78. The Labute approximate surface area is 209 Å². The molecule has 0 radical (unpaired) electrons. The van der Waals surface area contributed by atoms with Crippen LogP contribution in [0.3, 0.4) is 0 Å². The van der Waals surface area contributed by atoms with Crippen LogP contribution in [0.2, 0.25) is 0 Å². The average molecular weight is 488 g/mol. The number of aromatic nitrogens is 4. The van der Waals surface area contributed by atoms with Gasteiger partial charge in [0.1, 0.15) is 0 Å². The van der Waals surface area contributed by atoms with Crippen LogP contribution in [0.25, 0.3) is 16.7 Å². The van der Waals surface area contributed by atoms with Gasteiger partial charge in [-0.05, 0) is 63.2 Å². The van der Waals surface area contributed by atoms with Crippen LogP contribution in [0.15, 0.2) is 44.9 Å². The molecule has 9 heteroatoms. The van der Waals surface area contributed by atoms with Gasteiger partial charge in [-0.15, -0.1) is 0 Å². The van der Waals surface area contributed by atoms with Crippen LogP contribution in [0.5, 0.6) is 0 Å². The zero-order valence-corrected chi connectivity index (χ0v) is 21.8. The van der Waals surface area contributed by atoms with Gasteiger partial charge in [-0.2, -0.15) is 0 Å². The Morgan fingerprint density at radius 3 is 2.19 bits per heavy atom. The van der Waals surface area contributed by atoms with E-state index in [9.17, 15) is 9.59 Å². The number of H-pyrrole nitrogens is 1. The minimum absolute atomic E-state index is 0.0757. The zero-order valence-electron chi connectivity index (χ0n) is 21.8. The highest BCUT2D eigenvalue weighted by molar-refractivity contribution is 5.91. The van der Waals surface area contributed by atoms with Crippen molar-refractivity contribution in [3.8, 4) is 5.69 Å². The van der Waals surface area contributed by atoms with E-state index < -0.39 is 0 Å². The number of fused-ring (bicyclic) bond motifs is 1. The lowest BCUT2D eigenvalue weighted by molar-refractivity contribution is 0.313. The first-order chi connectivity index (χ1) is 17.2. The molecule has 0 spiro atoms. The summed E-state index contributed by atoms with van der Waals surface area (Å²) in [7, 11) is 5.68. The first-order valence-corrected chi connectivity index (χ1v) is 12.2. The molecule has 2 aromatic carbocycles. The molecule has 0 bridgehead atoms. The van der Waals surface area contributed by atoms with Crippen molar-refractivity contribution in [2.24, 2.45) is 19.1 Å². The molecule has 0 aliphatic carbocycles. The third kappa shape index (κ3) is 3.99. The number of anilines is 1. The van der Waals surface area contributed by atoms with Gasteiger partial charge in [0.25, 0.3) is 5.56 Å². The van der Waals surface area contributed by atoms with E-state index in [1.54, 1.807) is 34.1 Å². The van der Waals surface area contributed by atoms with E-state index in [4.69, 9.17) is 4.99 Å². The van der Waals surface area contributed by atoms with Crippen molar-refractivity contribution < 1.29 is 0 Å². The lowest BCUT2D eigenvalue weighted by atomic mass is 10.1. The van der Waals surface area contributed by atoms with E-state index in [0.717, 1.165) is 65.5 Å². The molecule has 1 fully saturated rings. The summed E-state index contributed by atoms with van der Waals surface area (Å²) in [6.07, 6.45) is 1.65. The predicted molar refractivity (Wildman–Crippen MR) is 146 cm³/mol. The molecule has 1 aliphatic heterocycles. The van der Waals surface area contributed by atoms with E-state index in [0.29, 0.717) is 5.56 Å². The number of aliphatic imine (C=N–C) groups is 1. The molecule has 9 nitrogen and oxygen atoms in total. The van der Waals surface area contributed by atoms with Crippen molar-refractivity contribution in [3.05, 3.63) is 73.6 Å². The molecule has 2 aromatic heterocycles.